The van der Waals surface area contributed by atoms with Gasteiger partial charge >= 0.3 is 0 Å². The molecule has 0 fully saturated rings. The molecule has 0 aliphatic heterocycles. The number of thiophene rings is 1. The van der Waals surface area contributed by atoms with Crippen molar-refractivity contribution in [3.8, 4) is 0 Å². The number of rotatable bonds is 3. The van der Waals surface area contributed by atoms with Crippen LogP contribution in [-0.4, -0.2) is 21.9 Å². The highest BCUT2D eigenvalue weighted by Gasteiger charge is 2.06. The Labute approximate surface area is 96.4 Å². The average Bonchev–Trinajstić information content (AvgIpc) is 2.89. The van der Waals surface area contributed by atoms with Crippen LogP contribution in [0.4, 0.5) is 0 Å². The Kier molecular flexibility index (Phi) is 3.11. The van der Waals surface area contributed by atoms with Crippen molar-refractivity contribution in [1.29, 1.82) is 0 Å². The molecule has 0 bridgehead atoms. The van der Waals surface area contributed by atoms with Gasteiger partial charge in [0.05, 0.1) is 6.21 Å². The van der Waals surface area contributed by atoms with Crippen LogP contribution in [0.2, 0.25) is 0 Å². The number of carbonyl (C=O) groups excluding carboxylic acids is 1. The minimum atomic E-state index is -0.312. The normalized spacial score (nSPS) is 10.8. The summed E-state index contributed by atoms with van der Waals surface area (Å²) in [6, 6.07) is 5.48. The van der Waals surface area contributed by atoms with Crippen LogP contribution in [0.15, 0.2) is 34.9 Å². The van der Waals surface area contributed by atoms with Crippen LogP contribution in [0.1, 0.15) is 15.4 Å². The molecule has 16 heavy (non-hydrogen) atoms. The molecule has 0 aliphatic rings. The molecule has 2 aromatic rings. The number of nitrogens with zero attached hydrogens (tertiary/aromatic N) is 3. The minimum absolute atomic E-state index is 0.312. The fraction of sp³-hybridized carbons (Fsp3) is 0.100. The molecule has 0 saturated heterocycles. The molecule has 0 atom stereocenters. The maximum absolute atomic E-state index is 11.5. The van der Waals surface area contributed by atoms with E-state index in [1.54, 1.807) is 41.5 Å². The molecular weight excluding hydrogens is 224 g/mol. The van der Waals surface area contributed by atoms with Crippen molar-refractivity contribution in [2.45, 2.75) is 0 Å². The highest BCUT2D eigenvalue weighted by atomic mass is 32.1. The number of nitrogens with one attached hydrogen (secondary N) is 1. The van der Waals surface area contributed by atoms with E-state index in [1.165, 1.54) is 0 Å². The summed E-state index contributed by atoms with van der Waals surface area (Å²) < 4.78 is 1.57. The van der Waals surface area contributed by atoms with Crippen LogP contribution in [0, 0.1) is 0 Å². The first-order valence-electron chi connectivity index (χ1n) is 4.62. The zero-order chi connectivity index (χ0) is 11.4. The number of hydrogen-bond acceptors (Lipinski definition) is 4. The van der Waals surface area contributed by atoms with E-state index in [9.17, 15) is 4.79 Å². The molecule has 0 aromatic carbocycles. The third-order valence-electron chi connectivity index (χ3n) is 1.85. The SMILES string of the molecule is Cn1ccc(C(=O)NN=Cc2cccs2)n1. The van der Waals surface area contributed by atoms with E-state index in [4.69, 9.17) is 0 Å². The average molecular weight is 234 g/mol. The highest BCUT2D eigenvalue weighted by molar-refractivity contribution is 7.11. The van der Waals surface area contributed by atoms with Crippen LogP contribution < -0.4 is 5.43 Å². The number of hydrogen-bond donors (Lipinski definition) is 1. The molecule has 0 saturated carbocycles. The summed E-state index contributed by atoms with van der Waals surface area (Å²) in [5.41, 5.74) is 2.76. The third-order valence-corrected chi connectivity index (χ3v) is 2.65. The van der Waals surface area contributed by atoms with Gasteiger partial charge in [-0.15, -0.1) is 11.3 Å². The van der Waals surface area contributed by atoms with Gasteiger partial charge in [-0.2, -0.15) is 10.2 Å². The molecule has 0 unspecified atom stereocenters. The van der Waals surface area contributed by atoms with Crippen molar-refractivity contribution in [2.24, 2.45) is 12.1 Å². The van der Waals surface area contributed by atoms with Crippen molar-refractivity contribution >= 4 is 23.5 Å². The summed E-state index contributed by atoms with van der Waals surface area (Å²) in [6.07, 6.45) is 3.31. The Bertz CT molecular complexity index is 501. The second kappa shape index (κ2) is 4.71. The molecule has 2 rings (SSSR count). The lowest BCUT2D eigenvalue weighted by Gasteiger charge is -1.93. The van der Waals surface area contributed by atoms with Gasteiger partial charge in [0.25, 0.3) is 5.91 Å². The summed E-state index contributed by atoms with van der Waals surface area (Å²) in [6.45, 7) is 0. The van der Waals surface area contributed by atoms with E-state index in [2.05, 4.69) is 15.6 Å². The van der Waals surface area contributed by atoms with Gasteiger partial charge in [-0.25, -0.2) is 5.43 Å². The van der Waals surface area contributed by atoms with E-state index in [0.29, 0.717) is 5.69 Å². The lowest BCUT2D eigenvalue weighted by atomic mass is 10.4. The Balaban J connectivity index is 1.94. The first-order chi connectivity index (χ1) is 7.75. The number of aromatic nitrogens is 2. The standard InChI is InChI=1S/C10H10N4OS/c1-14-5-4-9(13-14)10(15)12-11-7-8-3-2-6-16-8/h2-7H,1H3,(H,12,15). The van der Waals surface area contributed by atoms with Crippen LogP contribution >= 0.6 is 11.3 Å². The fourth-order valence-electron chi connectivity index (χ4n) is 1.11. The molecule has 0 radical (unpaired) electrons. The van der Waals surface area contributed by atoms with Crippen LogP contribution in [-0.2, 0) is 7.05 Å². The van der Waals surface area contributed by atoms with Crippen LogP contribution in [0.25, 0.3) is 0 Å². The first kappa shape index (κ1) is 10.6. The molecule has 0 spiro atoms. The Hall–Kier alpha value is -1.95. The summed E-state index contributed by atoms with van der Waals surface area (Å²) in [4.78, 5) is 12.5. The van der Waals surface area contributed by atoms with Gasteiger partial charge in [-0.05, 0) is 17.5 Å². The van der Waals surface area contributed by atoms with Crippen molar-refractivity contribution in [3.63, 3.8) is 0 Å². The summed E-state index contributed by atoms with van der Waals surface area (Å²) in [5, 5.41) is 9.74. The maximum Gasteiger partial charge on any atom is 0.291 e. The number of aryl methyl sites for hydroxylation is 1. The molecule has 1 amide bonds. The van der Waals surface area contributed by atoms with E-state index in [1.807, 2.05) is 17.5 Å². The first-order valence-corrected chi connectivity index (χ1v) is 5.50. The summed E-state index contributed by atoms with van der Waals surface area (Å²) in [7, 11) is 1.76. The molecule has 2 aromatic heterocycles. The maximum atomic E-state index is 11.5. The molecule has 1 N–H and O–H groups in total. The molecule has 0 aliphatic carbocycles. The molecule has 6 heteroatoms. The Morgan fingerprint density at radius 3 is 3.12 bits per heavy atom. The summed E-state index contributed by atoms with van der Waals surface area (Å²) >= 11 is 1.55. The predicted molar refractivity (Wildman–Crippen MR) is 62.6 cm³/mol. The van der Waals surface area contributed by atoms with Crippen LogP contribution in [0.3, 0.4) is 0 Å². The second-order valence-electron chi connectivity index (χ2n) is 3.09. The molecule has 82 valence electrons. The quantitative estimate of drug-likeness (QED) is 0.641. The van der Waals surface area contributed by atoms with Gasteiger partial charge in [0.15, 0.2) is 5.69 Å². The van der Waals surface area contributed by atoms with Crippen LogP contribution in [0.5, 0.6) is 0 Å². The number of hydrazone groups is 1. The van der Waals surface area contributed by atoms with Gasteiger partial charge in [-0.3, -0.25) is 9.48 Å². The Morgan fingerprint density at radius 2 is 2.50 bits per heavy atom. The largest absolute Gasteiger partial charge is 0.291 e. The highest BCUT2D eigenvalue weighted by Crippen LogP contribution is 2.04. The smallest absolute Gasteiger partial charge is 0.275 e. The summed E-state index contributed by atoms with van der Waals surface area (Å²) in [5.74, 6) is -0.312. The van der Waals surface area contributed by atoms with E-state index >= 15 is 0 Å². The van der Waals surface area contributed by atoms with Crippen molar-refractivity contribution in [1.82, 2.24) is 15.2 Å². The Morgan fingerprint density at radius 1 is 1.62 bits per heavy atom. The third kappa shape index (κ3) is 2.54. The van der Waals surface area contributed by atoms with E-state index < -0.39 is 0 Å². The van der Waals surface area contributed by atoms with Gasteiger partial charge in [0, 0.05) is 18.1 Å². The second-order valence-corrected chi connectivity index (χ2v) is 4.07. The van der Waals surface area contributed by atoms with Gasteiger partial charge in [0.2, 0.25) is 0 Å². The van der Waals surface area contributed by atoms with Crippen molar-refractivity contribution < 1.29 is 4.79 Å². The minimum Gasteiger partial charge on any atom is -0.275 e. The van der Waals surface area contributed by atoms with Crippen molar-refractivity contribution in [2.75, 3.05) is 0 Å². The molecule has 5 nitrogen and oxygen atoms in total. The van der Waals surface area contributed by atoms with Gasteiger partial charge in [0.1, 0.15) is 0 Å². The lowest BCUT2D eigenvalue weighted by molar-refractivity contribution is 0.0949. The molecular formula is C10H10N4OS. The van der Waals surface area contributed by atoms with Gasteiger partial charge in [-0.1, -0.05) is 6.07 Å². The number of carbonyl (C=O) groups is 1. The fourth-order valence-corrected chi connectivity index (χ4v) is 1.70. The lowest BCUT2D eigenvalue weighted by Crippen LogP contribution is -2.18. The van der Waals surface area contributed by atoms with E-state index in [0.717, 1.165) is 4.88 Å². The zero-order valence-corrected chi connectivity index (χ0v) is 9.44. The zero-order valence-electron chi connectivity index (χ0n) is 8.62. The monoisotopic (exact) mass is 234 g/mol. The van der Waals surface area contributed by atoms with E-state index in [-0.39, 0.29) is 5.91 Å². The van der Waals surface area contributed by atoms with Gasteiger partial charge < -0.3 is 0 Å². The molecule has 2 heterocycles. The van der Waals surface area contributed by atoms with Crippen molar-refractivity contribution in [3.05, 3.63) is 40.3 Å². The predicted octanol–water partition coefficient (Wildman–Crippen LogP) is 1.25. The number of amides is 1. The topological polar surface area (TPSA) is 59.3 Å².